The van der Waals surface area contributed by atoms with E-state index in [1.807, 2.05) is 24.3 Å². The average molecular weight is 388 g/mol. The van der Waals surface area contributed by atoms with Crippen molar-refractivity contribution in [1.82, 2.24) is 0 Å². The zero-order valence-electron chi connectivity index (χ0n) is 16.1. The molecule has 0 fully saturated rings. The van der Waals surface area contributed by atoms with Crippen molar-refractivity contribution in [3.8, 4) is 17.2 Å². The molecular weight excluding hydrogens is 368 g/mol. The second kappa shape index (κ2) is 9.37. The summed E-state index contributed by atoms with van der Waals surface area (Å²) >= 11 is 0. The summed E-state index contributed by atoms with van der Waals surface area (Å²) < 4.78 is 15.6. The van der Waals surface area contributed by atoms with Crippen molar-refractivity contribution in [3.05, 3.63) is 95.6 Å². The van der Waals surface area contributed by atoms with E-state index < -0.39 is 5.97 Å². The van der Waals surface area contributed by atoms with Crippen LogP contribution in [-0.4, -0.2) is 26.0 Å². The van der Waals surface area contributed by atoms with Gasteiger partial charge in [-0.3, -0.25) is 4.79 Å². The third-order valence-corrected chi connectivity index (χ3v) is 4.18. The Kier molecular flexibility index (Phi) is 6.43. The minimum Gasteiger partial charge on any atom is -0.497 e. The predicted molar refractivity (Wildman–Crippen MR) is 111 cm³/mol. The molecule has 0 heterocycles. The lowest BCUT2D eigenvalue weighted by molar-refractivity contribution is 0.0734. The van der Waals surface area contributed by atoms with E-state index in [4.69, 9.17) is 14.2 Å². The Hall–Kier alpha value is -3.86. The molecule has 0 amide bonds. The number of methoxy groups -OCH3 is 2. The van der Waals surface area contributed by atoms with Crippen LogP contribution in [0.25, 0.3) is 6.08 Å². The Morgan fingerprint density at radius 2 is 1.38 bits per heavy atom. The number of benzene rings is 3. The van der Waals surface area contributed by atoms with Crippen molar-refractivity contribution in [2.24, 2.45) is 0 Å². The van der Waals surface area contributed by atoms with Gasteiger partial charge >= 0.3 is 5.97 Å². The molecule has 0 bridgehead atoms. The van der Waals surface area contributed by atoms with E-state index in [9.17, 15) is 9.59 Å². The smallest absolute Gasteiger partial charge is 0.343 e. The van der Waals surface area contributed by atoms with Crippen molar-refractivity contribution >= 4 is 17.8 Å². The molecule has 29 heavy (non-hydrogen) atoms. The number of allylic oxidation sites excluding steroid dienone is 1. The zero-order chi connectivity index (χ0) is 20.6. The summed E-state index contributed by atoms with van der Waals surface area (Å²) in [4.78, 5) is 24.6. The van der Waals surface area contributed by atoms with Gasteiger partial charge in [-0.15, -0.1) is 0 Å². The lowest BCUT2D eigenvalue weighted by Crippen LogP contribution is -2.08. The Bertz CT molecular complexity index is 1040. The fraction of sp³-hybridized carbons (Fsp3) is 0.0833. The molecule has 146 valence electrons. The summed E-state index contributed by atoms with van der Waals surface area (Å²) in [5.74, 6) is 0.996. The molecule has 0 saturated heterocycles. The highest BCUT2D eigenvalue weighted by Crippen LogP contribution is 2.18. The molecule has 3 aromatic carbocycles. The Labute approximate surface area is 169 Å². The standard InChI is InChI=1S/C24H20O5/c1-27-21-7-3-5-17(15-21)9-14-23(25)18-10-12-20(13-11-18)29-24(26)19-6-4-8-22(16-19)28-2/h3-16H,1-2H3/b14-9+. The Balaban J connectivity index is 1.65. The molecule has 0 saturated carbocycles. The topological polar surface area (TPSA) is 61.8 Å². The first kappa shape index (κ1) is 19.9. The summed E-state index contributed by atoms with van der Waals surface area (Å²) in [6.07, 6.45) is 3.22. The Morgan fingerprint density at radius 3 is 2.07 bits per heavy atom. The number of esters is 1. The first-order valence-corrected chi connectivity index (χ1v) is 8.92. The average Bonchev–Trinajstić information content (AvgIpc) is 2.78. The van der Waals surface area contributed by atoms with Crippen LogP contribution in [0.15, 0.2) is 78.9 Å². The quantitative estimate of drug-likeness (QED) is 0.251. The number of carbonyl (C=O) groups is 2. The van der Waals surface area contributed by atoms with Gasteiger partial charge in [0, 0.05) is 5.56 Å². The SMILES string of the molecule is COc1cccc(/C=C/C(=O)c2ccc(OC(=O)c3cccc(OC)c3)cc2)c1. The van der Waals surface area contributed by atoms with E-state index in [1.54, 1.807) is 61.7 Å². The monoisotopic (exact) mass is 388 g/mol. The number of ether oxygens (including phenoxy) is 3. The van der Waals surface area contributed by atoms with Gasteiger partial charge in [-0.05, 0) is 66.2 Å². The Morgan fingerprint density at radius 1 is 0.724 bits per heavy atom. The minimum atomic E-state index is -0.499. The largest absolute Gasteiger partial charge is 0.497 e. The molecule has 5 nitrogen and oxygen atoms in total. The summed E-state index contributed by atoms with van der Waals surface area (Å²) in [6.45, 7) is 0. The fourth-order valence-electron chi connectivity index (χ4n) is 2.62. The molecule has 5 heteroatoms. The first-order chi connectivity index (χ1) is 14.1. The lowest BCUT2D eigenvalue weighted by atomic mass is 10.1. The summed E-state index contributed by atoms with van der Waals surface area (Å²) in [5, 5.41) is 0. The second-order valence-corrected chi connectivity index (χ2v) is 6.12. The van der Waals surface area contributed by atoms with Gasteiger partial charge in [0.1, 0.15) is 17.2 Å². The van der Waals surface area contributed by atoms with Gasteiger partial charge in [-0.1, -0.05) is 24.3 Å². The third kappa shape index (κ3) is 5.32. The van der Waals surface area contributed by atoms with Crippen molar-refractivity contribution in [3.63, 3.8) is 0 Å². The number of carbonyl (C=O) groups excluding carboxylic acids is 2. The molecule has 0 aliphatic carbocycles. The lowest BCUT2D eigenvalue weighted by Gasteiger charge is -2.06. The molecular formula is C24H20O5. The number of ketones is 1. The summed E-state index contributed by atoms with van der Waals surface area (Å²) in [7, 11) is 3.12. The molecule has 0 aliphatic rings. The van der Waals surface area contributed by atoms with Gasteiger partial charge in [0.15, 0.2) is 5.78 Å². The van der Waals surface area contributed by atoms with Crippen LogP contribution in [0.5, 0.6) is 17.2 Å². The maximum atomic E-state index is 12.4. The van der Waals surface area contributed by atoms with Crippen molar-refractivity contribution in [2.45, 2.75) is 0 Å². The van der Waals surface area contributed by atoms with Crippen LogP contribution >= 0.6 is 0 Å². The van der Waals surface area contributed by atoms with E-state index in [-0.39, 0.29) is 5.78 Å². The van der Waals surface area contributed by atoms with Crippen LogP contribution in [0.1, 0.15) is 26.3 Å². The molecule has 0 atom stereocenters. The van der Waals surface area contributed by atoms with Crippen LogP contribution in [0.2, 0.25) is 0 Å². The van der Waals surface area contributed by atoms with Gasteiger partial charge in [0.2, 0.25) is 0 Å². The van der Waals surface area contributed by atoms with Gasteiger partial charge in [-0.2, -0.15) is 0 Å². The molecule has 0 unspecified atom stereocenters. The van der Waals surface area contributed by atoms with Crippen LogP contribution in [-0.2, 0) is 0 Å². The maximum absolute atomic E-state index is 12.4. The van der Waals surface area contributed by atoms with E-state index >= 15 is 0 Å². The zero-order valence-corrected chi connectivity index (χ0v) is 16.1. The molecule has 0 N–H and O–H groups in total. The number of rotatable bonds is 7. The molecule has 0 aromatic heterocycles. The number of hydrogen-bond acceptors (Lipinski definition) is 5. The summed E-state index contributed by atoms with van der Waals surface area (Å²) in [6, 6.07) is 20.5. The predicted octanol–water partition coefficient (Wildman–Crippen LogP) is 4.82. The minimum absolute atomic E-state index is 0.154. The molecule has 0 spiro atoms. The molecule has 0 aliphatic heterocycles. The molecule has 3 aromatic rings. The van der Waals surface area contributed by atoms with Gasteiger partial charge < -0.3 is 14.2 Å². The molecule has 0 radical (unpaired) electrons. The van der Waals surface area contributed by atoms with E-state index in [0.717, 1.165) is 11.3 Å². The van der Waals surface area contributed by atoms with Gasteiger partial charge in [-0.25, -0.2) is 4.79 Å². The van der Waals surface area contributed by atoms with Gasteiger partial charge in [0.25, 0.3) is 0 Å². The van der Waals surface area contributed by atoms with Crippen LogP contribution in [0.3, 0.4) is 0 Å². The van der Waals surface area contributed by atoms with Crippen molar-refractivity contribution < 1.29 is 23.8 Å². The first-order valence-electron chi connectivity index (χ1n) is 8.92. The normalized spacial score (nSPS) is 10.6. The highest BCUT2D eigenvalue weighted by molar-refractivity contribution is 6.06. The van der Waals surface area contributed by atoms with Crippen LogP contribution in [0, 0.1) is 0 Å². The number of hydrogen-bond donors (Lipinski definition) is 0. The van der Waals surface area contributed by atoms with Crippen LogP contribution in [0.4, 0.5) is 0 Å². The van der Waals surface area contributed by atoms with Crippen molar-refractivity contribution in [1.29, 1.82) is 0 Å². The van der Waals surface area contributed by atoms with Crippen molar-refractivity contribution in [2.75, 3.05) is 14.2 Å². The molecule has 3 rings (SSSR count). The van der Waals surface area contributed by atoms with E-state index in [2.05, 4.69) is 0 Å². The van der Waals surface area contributed by atoms with Crippen LogP contribution < -0.4 is 14.2 Å². The fourth-order valence-corrected chi connectivity index (χ4v) is 2.62. The van der Waals surface area contributed by atoms with E-state index in [0.29, 0.717) is 22.6 Å². The highest BCUT2D eigenvalue weighted by Gasteiger charge is 2.10. The van der Waals surface area contributed by atoms with E-state index in [1.165, 1.54) is 13.2 Å². The highest BCUT2D eigenvalue weighted by atomic mass is 16.5. The summed E-state index contributed by atoms with van der Waals surface area (Å²) in [5.41, 5.74) is 1.73. The third-order valence-electron chi connectivity index (χ3n) is 4.18. The second-order valence-electron chi connectivity index (χ2n) is 6.12. The van der Waals surface area contributed by atoms with Gasteiger partial charge in [0.05, 0.1) is 19.8 Å². The maximum Gasteiger partial charge on any atom is 0.343 e.